The lowest BCUT2D eigenvalue weighted by atomic mass is 9.84. The first-order valence-corrected chi connectivity index (χ1v) is 9.75. The highest BCUT2D eigenvalue weighted by molar-refractivity contribution is 6.36. The molecule has 2 aliphatic heterocycles. The first-order valence-electron chi connectivity index (χ1n) is 8.99. The average molecular weight is 397 g/mol. The van der Waals surface area contributed by atoms with Crippen LogP contribution in [0.5, 0.6) is 0 Å². The van der Waals surface area contributed by atoms with Gasteiger partial charge in [-0.3, -0.25) is 4.79 Å². The average Bonchev–Trinajstić information content (AvgIpc) is 2.90. The minimum atomic E-state index is -0.0983. The summed E-state index contributed by atoms with van der Waals surface area (Å²) in [5.41, 5.74) is 1.23. The maximum absolute atomic E-state index is 13.2. The Labute approximate surface area is 162 Å². The fourth-order valence-corrected chi connectivity index (χ4v) is 4.61. The molecule has 6 nitrogen and oxygen atoms in total. The molecule has 2 saturated heterocycles. The summed E-state index contributed by atoms with van der Waals surface area (Å²) in [4.78, 5) is 19.8. The Balaban J connectivity index is 1.58. The highest BCUT2D eigenvalue weighted by Crippen LogP contribution is 2.33. The van der Waals surface area contributed by atoms with Gasteiger partial charge in [-0.2, -0.15) is 0 Å². The summed E-state index contributed by atoms with van der Waals surface area (Å²) in [6.45, 7) is 3.91. The smallest absolute Gasteiger partial charge is 0.229 e. The van der Waals surface area contributed by atoms with E-state index in [2.05, 4.69) is 15.2 Å². The van der Waals surface area contributed by atoms with Crippen molar-refractivity contribution in [3.05, 3.63) is 34.2 Å². The minimum absolute atomic E-state index is 0.0983. The Morgan fingerprint density at radius 3 is 2.85 bits per heavy atom. The van der Waals surface area contributed by atoms with E-state index < -0.39 is 0 Å². The largest absolute Gasteiger partial charge is 0.381 e. The zero-order valence-electron chi connectivity index (χ0n) is 14.5. The number of hydrogen-bond donors (Lipinski definition) is 1. The summed E-state index contributed by atoms with van der Waals surface area (Å²) in [5, 5.41) is 4.44. The molecule has 2 aromatic heterocycles. The van der Waals surface area contributed by atoms with E-state index in [0.29, 0.717) is 34.6 Å². The number of halogens is 2. The highest BCUT2D eigenvalue weighted by Gasteiger charge is 2.41. The van der Waals surface area contributed by atoms with Gasteiger partial charge in [0.1, 0.15) is 0 Å². The third-order valence-electron chi connectivity index (χ3n) is 5.43. The van der Waals surface area contributed by atoms with E-state index in [1.54, 1.807) is 16.7 Å². The third kappa shape index (κ3) is 3.43. The molecular formula is C18H22Cl2N4O2. The van der Waals surface area contributed by atoms with Crippen molar-refractivity contribution in [1.29, 1.82) is 0 Å². The summed E-state index contributed by atoms with van der Waals surface area (Å²) in [5.74, 6) is 0.112. The quantitative estimate of drug-likeness (QED) is 0.847. The molecule has 4 rings (SSSR count). The van der Waals surface area contributed by atoms with Crippen molar-refractivity contribution in [1.82, 2.24) is 19.6 Å². The van der Waals surface area contributed by atoms with Gasteiger partial charge in [-0.1, -0.05) is 23.2 Å². The second-order valence-electron chi connectivity index (χ2n) is 7.03. The first kappa shape index (κ1) is 18.0. The SMILES string of the molecule is O=C(Cc1cn2cc(Cl)cc(Cl)c2n1)N1CCNCCC12CCOCC2. The van der Waals surface area contributed by atoms with Crippen LogP contribution < -0.4 is 5.32 Å². The molecular weight excluding hydrogens is 375 g/mol. The summed E-state index contributed by atoms with van der Waals surface area (Å²) in [6, 6.07) is 1.66. The number of carbonyl (C=O) groups excluding carboxylic acids is 1. The molecule has 2 aliphatic rings. The lowest BCUT2D eigenvalue weighted by Crippen LogP contribution is -2.55. The molecule has 0 bridgehead atoms. The van der Waals surface area contributed by atoms with E-state index in [9.17, 15) is 4.79 Å². The van der Waals surface area contributed by atoms with Crippen LogP contribution in [0.15, 0.2) is 18.5 Å². The zero-order valence-corrected chi connectivity index (χ0v) is 16.0. The molecule has 1 N–H and O–H groups in total. The lowest BCUT2D eigenvalue weighted by molar-refractivity contribution is -0.141. The van der Waals surface area contributed by atoms with Gasteiger partial charge in [0.15, 0.2) is 5.65 Å². The minimum Gasteiger partial charge on any atom is -0.381 e. The maximum atomic E-state index is 13.2. The summed E-state index contributed by atoms with van der Waals surface area (Å²) in [7, 11) is 0. The van der Waals surface area contributed by atoms with Crippen LogP contribution in [0.25, 0.3) is 5.65 Å². The molecule has 0 unspecified atom stereocenters. The Morgan fingerprint density at radius 1 is 1.23 bits per heavy atom. The topological polar surface area (TPSA) is 58.9 Å². The normalized spacial score (nSPS) is 20.5. The fraction of sp³-hybridized carbons (Fsp3) is 0.556. The molecule has 0 saturated carbocycles. The van der Waals surface area contributed by atoms with Crippen LogP contribution in [0.1, 0.15) is 25.0 Å². The number of ether oxygens (including phenoxy) is 1. The number of nitrogens with zero attached hydrogens (tertiary/aromatic N) is 3. The summed E-state index contributed by atoms with van der Waals surface area (Å²) < 4.78 is 7.33. The number of aromatic nitrogens is 2. The van der Waals surface area contributed by atoms with Crippen molar-refractivity contribution in [3.8, 4) is 0 Å². The third-order valence-corrected chi connectivity index (χ3v) is 5.92. The van der Waals surface area contributed by atoms with E-state index in [1.165, 1.54) is 0 Å². The second-order valence-corrected chi connectivity index (χ2v) is 7.87. The number of nitrogens with one attached hydrogen (secondary N) is 1. The van der Waals surface area contributed by atoms with Gasteiger partial charge in [-0.05, 0) is 31.9 Å². The van der Waals surface area contributed by atoms with Crippen LogP contribution in [0.3, 0.4) is 0 Å². The molecule has 26 heavy (non-hydrogen) atoms. The van der Waals surface area contributed by atoms with E-state index in [0.717, 1.165) is 38.9 Å². The number of amides is 1. The number of pyridine rings is 1. The molecule has 0 aromatic carbocycles. The Hall–Kier alpha value is -1.34. The van der Waals surface area contributed by atoms with E-state index >= 15 is 0 Å². The van der Waals surface area contributed by atoms with Crippen LogP contribution in [0, 0.1) is 0 Å². The number of rotatable bonds is 2. The van der Waals surface area contributed by atoms with E-state index in [4.69, 9.17) is 27.9 Å². The van der Waals surface area contributed by atoms with Gasteiger partial charge >= 0.3 is 0 Å². The van der Waals surface area contributed by atoms with Crippen molar-refractivity contribution >= 4 is 34.8 Å². The summed E-state index contributed by atoms with van der Waals surface area (Å²) in [6.07, 6.45) is 6.60. The van der Waals surface area contributed by atoms with E-state index in [1.807, 2.05) is 6.20 Å². The van der Waals surface area contributed by atoms with Gasteiger partial charge in [0.2, 0.25) is 5.91 Å². The summed E-state index contributed by atoms with van der Waals surface area (Å²) >= 11 is 12.3. The number of carbonyl (C=O) groups is 1. The van der Waals surface area contributed by atoms with E-state index in [-0.39, 0.29) is 17.9 Å². The molecule has 0 atom stereocenters. The fourth-order valence-electron chi connectivity index (χ4n) is 4.08. The molecule has 1 amide bonds. The van der Waals surface area contributed by atoms with Crippen molar-refractivity contribution in [2.24, 2.45) is 0 Å². The van der Waals surface area contributed by atoms with Crippen molar-refractivity contribution in [2.45, 2.75) is 31.2 Å². The van der Waals surface area contributed by atoms with Gasteiger partial charge in [-0.25, -0.2) is 4.98 Å². The van der Waals surface area contributed by atoms with Gasteiger partial charge in [-0.15, -0.1) is 0 Å². The number of fused-ring (bicyclic) bond motifs is 1. The molecule has 1 spiro atoms. The molecule has 4 heterocycles. The van der Waals surface area contributed by atoms with Crippen LogP contribution in [-0.4, -0.2) is 58.6 Å². The predicted octanol–water partition coefficient (Wildman–Crippen LogP) is 2.55. The Morgan fingerprint density at radius 2 is 2.04 bits per heavy atom. The Kier molecular flexibility index (Phi) is 5.10. The molecule has 8 heteroatoms. The molecule has 0 radical (unpaired) electrons. The van der Waals surface area contributed by atoms with Gasteiger partial charge in [0, 0.05) is 44.2 Å². The van der Waals surface area contributed by atoms with Crippen molar-refractivity contribution in [2.75, 3.05) is 32.8 Å². The lowest BCUT2D eigenvalue weighted by Gasteiger charge is -2.45. The molecule has 0 aliphatic carbocycles. The first-order chi connectivity index (χ1) is 12.6. The van der Waals surface area contributed by atoms with Crippen molar-refractivity contribution in [3.63, 3.8) is 0 Å². The van der Waals surface area contributed by atoms with Gasteiger partial charge < -0.3 is 19.4 Å². The van der Waals surface area contributed by atoms with Gasteiger partial charge in [0.25, 0.3) is 0 Å². The van der Waals surface area contributed by atoms with Crippen LogP contribution >= 0.6 is 23.2 Å². The molecule has 2 fully saturated rings. The highest BCUT2D eigenvalue weighted by atomic mass is 35.5. The van der Waals surface area contributed by atoms with Crippen LogP contribution in [0.2, 0.25) is 10.0 Å². The van der Waals surface area contributed by atoms with Crippen LogP contribution in [-0.2, 0) is 16.0 Å². The van der Waals surface area contributed by atoms with Gasteiger partial charge in [0.05, 0.1) is 22.2 Å². The number of imidazole rings is 1. The number of hydrogen-bond acceptors (Lipinski definition) is 4. The monoisotopic (exact) mass is 396 g/mol. The maximum Gasteiger partial charge on any atom is 0.229 e. The second kappa shape index (κ2) is 7.35. The Bertz CT molecular complexity index is 817. The predicted molar refractivity (Wildman–Crippen MR) is 101 cm³/mol. The zero-order chi connectivity index (χ0) is 18.1. The van der Waals surface area contributed by atoms with Crippen LogP contribution in [0.4, 0.5) is 0 Å². The molecule has 2 aromatic rings. The standard InChI is InChI=1S/C18H22Cl2N4O2/c19-13-9-15(20)17-22-14(12-23(17)11-13)10-16(25)24-6-5-21-4-1-18(24)2-7-26-8-3-18/h9,11-12,21H,1-8,10H2. The molecule has 140 valence electrons. The van der Waals surface area contributed by atoms with Crippen molar-refractivity contribution < 1.29 is 9.53 Å².